The van der Waals surface area contributed by atoms with Gasteiger partial charge >= 0.3 is 0 Å². The largest absolute Gasteiger partial charge is 0.339 e. The maximum absolute atomic E-state index is 12.6. The highest BCUT2D eigenvalue weighted by Gasteiger charge is 2.21. The summed E-state index contributed by atoms with van der Waals surface area (Å²) in [6.07, 6.45) is 9.78. The number of H-pyrrole nitrogens is 3. The summed E-state index contributed by atoms with van der Waals surface area (Å²) in [5.74, 6) is 2.94. The molecule has 13 heterocycles. The molecule has 0 radical (unpaired) electrons. The zero-order valence-corrected chi connectivity index (χ0v) is 57.3. The molecule has 518 valence electrons. The zero-order chi connectivity index (χ0) is 73.2. The Bertz CT molecular complexity index is 5570. The number of aromatic amines is 3. The van der Waals surface area contributed by atoms with Crippen molar-refractivity contribution in [2.75, 3.05) is 26.6 Å². The Hall–Kier alpha value is -14.5. The van der Waals surface area contributed by atoms with Crippen molar-refractivity contribution in [3.8, 4) is 57.3 Å². The number of anilines is 6. The van der Waals surface area contributed by atoms with Gasteiger partial charge in [-0.1, -0.05) is 77.8 Å². The van der Waals surface area contributed by atoms with Crippen molar-refractivity contribution < 1.29 is 19.2 Å². The van der Waals surface area contributed by atoms with Gasteiger partial charge < -0.3 is 5.32 Å². The first kappa shape index (κ1) is 70.4. The molecule has 33 nitrogen and oxygen atoms in total. The van der Waals surface area contributed by atoms with Crippen LogP contribution in [0, 0.1) is 34.6 Å². The van der Waals surface area contributed by atoms with Crippen LogP contribution in [0.4, 0.5) is 35.3 Å². The summed E-state index contributed by atoms with van der Waals surface area (Å²) >= 11 is 12.0. The fourth-order valence-corrected chi connectivity index (χ4v) is 9.71. The number of nitrogens with zero attached hydrogens (tertiary/aromatic N) is 21. The Kier molecular flexibility index (Phi) is 22.2. The molecule has 2 aromatic carbocycles. The number of aromatic nitrogens is 24. The Morgan fingerprint density at radius 1 is 0.352 bits per heavy atom. The van der Waals surface area contributed by atoms with E-state index in [0.717, 1.165) is 16.8 Å². The first-order valence-electron chi connectivity index (χ1n) is 31.4. The summed E-state index contributed by atoms with van der Waals surface area (Å²) in [4.78, 5) is 126. The highest BCUT2D eigenvalue weighted by molar-refractivity contribution is 6.42. The van der Waals surface area contributed by atoms with Crippen molar-refractivity contribution in [1.82, 2.24) is 120 Å². The molecule has 0 saturated carbocycles. The van der Waals surface area contributed by atoms with E-state index in [1.165, 1.54) is 0 Å². The first-order valence-corrected chi connectivity index (χ1v) is 32.2. The number of hydrogen-bond acceptors (Lipinski definition) is 26. The Morgan fingerprint density at radius 2 is 0.790 bits per heavy atom. The summed E-state index contributed by atoms with van der Waals surface area (Å²) in [5.41, 5.74) is 6.92. The zero-order valence-electron chi connectivity index (χ0n) is 55.8. The second-order valence-corrected chi connectivity index (χ2v) is 22.7. The van der Waals surface area contributed by atoms with Crippen LogP contribution >= 0.6 is 23.2 Å². The molecule has 0 aliphatic heterocycles. The van der Waals surface area contributed by atoms with E-state index < -0.39 is 17.7 Å². The number of fused-ring (bicyclic) bond motifs is 1. The molecular formula is C70H55Cl2N29O4. The van der Waals surface area contributed by atoms with Gasteiger partial charge in [0.15, 0.2) is 34.8 Å². The molecule has 0 spiro atoms. The molecular weight excluding hydrogens is 1380 g/mol. The molecule has 8 N–H and O–H groups in total. The number of carbonyl (C=O) groups excluding carboxylic acids is 4. The van der Waals surface area contributed by atoms with E-state index in [9.17, 15) is 19.2 Å². The number of halogens is 2. The van der Waals surface area contributed by atoms with Gasteiger partial charge in [0, 0.05) is 54.5 Å². The van der Waals surface area contributed by atoms with Crippen LogP contribution in [0.5, 0.6) is 0 Å². The van der Waals surface area contributed by atoms with Crippen LogP contribution in [0.1, 0.15) is 70.8 Å². The third-order valence-electron chi connectivity index (χ3n) is 14.2. The normalized spacial score (nSPS) is 10.6. The van der Waals surface area contributed by atoms with Gasteiger partial charge in [-0.05, 0) is 137 Å². The number of nitrogens with one attached hydrogen (secondary N) is 8. The SMILES string of the molecule is Cc1nc(NC(=O)c2[nH]nc3ncccc23)nc(-c2ccccn2)n1.Cc1nc(NC(=O)c2cc(-c3ccc(Cl)c(Cl)c3)n[nH]2)nc(-c2ccccn2)n1.Cc1nc(NC(=O)c2cc(Nc3ccccc3)n[nH]2)nc(-c2ccccn2)n1.Cc1nc(NC(=O)c2ncccc2C)nc(-c2ccccn2)n1. The number of rotatable bonds is 15. The van der Waals surface area contributed by atoms with Gasteiger partial charge in [-0.2, -0.15) is 55.2 Å². The van der Waals surface area contributed by atoms with Gasteiger partial charge in [0.1, 0.15) is 68.8 Å². The van der Waals surface area contributed by atoms with E-state index in [2.05, 4.69) is 147 Å². The van der Waals surface area contributed by atoms with Crippen LogP contribution in [0.3, 0.4) is 0 Å². The number of aryl methyl sites for hydroxylation is 5. The fourth-order valence-electron chi connectivity index (χ4n) is 9.41. The predicted octanol–water partition coefficient (Wildman–Crippen LogP) is 11.1. The van der Waals surface area contributed by atoms with E-state index in [0.29, 0.717) is 113 Å². The van der Waals surface area contributed by atoms with Gasteiger partial charge in [0.2, 0.25) is 23.8 Å². The van der Waals surface area contributed by atoms with Crippen LogP contribution in [-0.2, 0) is 0 Å². The predicted molar refractivity (Wildman–Crippen MR) is 388 cm³/mol. The van der Waals surface area contributed by atoms with Crippen molar-refractivity contribution in [2.45, 2.75) is 34.6 Å². The molecule has 35 heteroatoms. The lowest BCUT2D eigenvalue weighted by Crippen LogP contribution is -2.18. The summed E-state index contributed by atoms with van der Waals surface area (Å²) < 4.78 is 0. The summed E-state index contributed by atoms with van der Waals surface area (Å²) in [6, 6.07) is 46.7. The molecule has 4 amide bonds. The number of pyridine rings is 6. The lowest BCUT2D eigenvalue weighted by atomic mass is 10.1. The minimum atomic E-state index is -0.443. The summed E-state index contributed by atoms with van der Waals surface area (Å²) in [5, 5.41) is 35.5. The van der Waals surface area contributed by atoms with Crippen molar-refractivity contribution in [1.29, 1.82) is 0 Å². The number of carbonyl (C=O) groups is 4. The second kappa shape index (κ2) is 33.1. The van der Waals surface area contributed by atoms with Gasteiger partial charge in [0.25, 0.3) is 23.6 Å². The van der Waals surface area contributed by atoms with E-state index in [-0.39, 0.29) is 41.1 Å². The minimum Gasteiger partial charge on any atom is -0.339 e. The lowest BCUT2D eigenvalue weighted by Gasteiger charge is -2.07. The van der Waals surface area contributed by atoms with Crippen LogP contribution < -0.4 is 26.6 Å². The van der Waals surface area contributed by atoms with Crippen molar-refractivity contribution in [3.05, 3.63) is 257 Å². The lowest BCUT2D eigenvalue weighted by molar-refractivity contribution is 0.101. The monoisotopic (exact) mass is 1440 g/mol. The highest BCUT2D eigenvalue weighted by atomic mass is 35.5. The molecule has 15 rings (SSSR count). The van der Waals surface area contributed by atoms with E-state index in [1.807, 2.05) is 73.7 Å². The smallest absolute Gasteiger partial charge is 0.276 e. The maximum Gasteiger partial charge on any atom is 0.276 e. The molecule has 0 bridgehead atoms. The molecule has 0 saturated heterocycles. The third kappa shape index (κ3) is 18.7. The molecule has 105 heavy (non-hydrogen) atoms. The number of benzene rings is 2. The number of amides is 4. The van der Waals surface area contributed by atoms with E-state index >= 15 is 0 Å². The Balaban J connectivity index is 0.000000132. The Morgan fingerprint density at radius 3 is 1.27 bits per heavy atom. The average molecular weight is 1440 g/mol. The van der Waals surface area contributed by atoms with Crippen LogP contribution in [0.2, 0.25) is 10.0 Å². The van der Waals surface area contributed by atoms with Gasteiger partial charge in [0.05, 0.1) is 21.1 Å². The van der Waals surface area contributed by atoms with Crippen molar-refractivity contribution >= 4 is 93.2 Å². The summed E-state index contributed by atoms with van der Waals surface area (Å²) in [6.45, 7) is 8.71. The van der Waals surface area contributed by atoms with Crippen LogP contribution in [0.15, 0.2) is 195 Å². The van der Waals surface area contributed by atoms with Crippen molar-refractivity contribution in [3.63, 3.8) is 0 Å². The molecule has 13 aromatic heterocycles. The average Bonchev–Trinajstić information content (AvgIpc) is 1.81. The quantitative estimate of drug-likeness (QED) is 0.0472. The van der Waals surface area contributed by atoms with Gasteiger partial charge in [-0.15, -0.1) is 0 Å². The molecule has 15 aromatic rings. The van der Waals surface area contributed by atoms with E-state index in [1.54, 1.807) is 156 Å². The standard InChI is InChI=1S/C19H13Cl2N7O.C19H16N8O.C16H12N8O.C16H14N6O/c1-10-23-17(14-4-2-3-7-22-14)25-19(24-10)26-18(29)16-9-15(27-28-16)11-5-6-12(20)13(21)8-11;1-12-21-17(14-9-5-6-10-20-14)24-19(22-12)25-18(28)15-11-16(27-26-15)23-13-7-3-2-4-8-13;1-9-19-14(11-6-2-3-7-17-11)21-16(20-9)22-15(25)12-10-5-4-8-18-13(10)24-23-12;1-10-6-5-9-18-13(10)15(23)22-16-20-11(2)19-14(21-16)12-7-3-4-8-17-12/h2-9H,1H3,(H,27,28)(H,23,24,25,26,29);2-11H,1H3,(H2,23,26,27)(H,21,22,24,25,28);2-8H,1H3,(H,18,23,24)(H,19,20,21,22,25);3-9H,1-2H3,(H,19,20,21,22,23). The number of hydrogen-bond donors (Lipinski definition) is 8. The van der Waals surface area contributed by atoms with Crippen molar-refractivity contribution in [2.24, 2.45) is 0 Å². The molecule has 0 unspecified atom stereocenters. The minimum absolute atomic E-state index is 0.119. The molecule has 0 fully saturated rings. The van der Waals surface area contributed by atoms with E-state index in [4.69, 9.17) is 23.2 Å². The van der Waals surface area contributed by atoms with Crippen LogP contribution in [0.25, 0.3) is 68.4 Å². The highest BCUT2D eigenvalue weighted by Crippen LogP contribution is 2.29. The Labute approximate surface area is 604 Å². The third-order valence-corrected chi connectivity index (χ3v) is 14.9. The topological polar surface area (TPSA) is 446 Å². The molecule has 0 aliphatic carbocycles. The second-order valence-electron chi connectivity index (χ2n) is 21.9. The molecule has 0 aliphatic rings. The fraction of sp³-hybridized carbons (Fsp3) is 0.0714. The maximum atomic E-state index is 12.6. The summed E-state index contributed by atoms with van der Waals surface area (Å²) in [7, 11) is 0. The first-order chi connectivity index (χ1) is 51.0. The van der Waals surface area contributed by atoms with Gasteiger partial charge in [-0.3, -0.25) is 80.7 Å². The molecule has 0 atom stereocenters. The van der Waals surface area contributed by atoms with Gasteiger partial charge in [-0.25, -0.2) is 24.9 Å². The van der Waals surface area contributed by atoms with Crippen LogP contribution in [-0.4, -0.2) is 144 Å². The number of para-hydroxylation sites is 1.